The summed E-state index contributed by atoms with van der Waals surface area (Å²) in [6.07, 6.45) is 1.03. The predicted octanol–water partition coefficient (Wildman–Crippen LogP) is 2.05. The molecule has 1 aromatic carbocycles. The molecule has 18 heavy (non-hydrogen) atoms. The first-order valence-electron chi connectivity index (χ1n) is 5.58. The monoisotopic (exact) mass is 243 g/mol. The standard InChI is InChI=1S/C14H13NO3/c1-15-14(17)8-10-2-4-11(5-3-10)13-7-6-12(9-16)18-13/h2-7,9H,8H2,1H3,(H,15,17). The number of carbonyl (C=O) groups is 2. The molecule has 0 spiro atoms. The van der Waals surface area contributed by atoms with Crippen molar-refractivity contribution in [1.29, 1.82) is 0 Å². The smallest absolute Gasteiger partial charge is 0.224 e. The molecule has 4 heteroatoms. The van der Waals surface area contributed by atoms with Crippen LogP contribution in [0, 0.1) is 0 Å². The van der Waals surface area contributed by atoms with Gasteiger partial charge in [0.15, 0.2) is 12.0 Å². The van der Waals surface area contributed by atoms with Crippen molar-refractivity contribution in [2.75, 3.05) is 7.05 Å². The second kappa shape index (κ2) is 5.31. The Bertz CT molecular complexity index is 555. The fraction of sp³-hybridized carbons (Fsp3) is 0.143. The highest BCUT2D eigenvalue weighted by molar-refractivity contribution is 5.78. The van der Waals surface area contributed by atoms with Gasteiger partial charge >= 0.3 is 0 Å². The number of hydrogen-bond acceptors (Lipinski definition) is 3. The molecule has 0 fully saturated rings. The first-order chi connectivity index (χ1) is 8.72. The van der Waals surface area contributed by atoms with Gasteiger partial charge in [-0.3, -0.25) is 9.59 Å². The van der Waals surface area contributed by atoms with Crippen LogP contribution in [-0.2, 0) is 11.2 Å². The molecular formula is C14H13NO3. The quantitative estimate of drug-likeness (QED) is 0.836. The zero-order chi connectivity index (χ0) is 13.0. The molecule has 0 unspecified atom stereocenters. The summed E-state index contributed by atoms with van der Waals surface area (Å²) in [7, 11) is 1.61. The van der Waals surface area contributed by atoms with Crippen molar-refractivity contribution in [1.82, 2.24) is 5.32 Å². The third-order valence-electron chi connectivity index (χ3n) is 2.62. The van der Waals surface area contributed by atoms with Crippen molar-refractivity contribution >= 4 is 12.2 Å². The minimum atomic E-state index is -0.0241. The van der Waals surface area contributed by atoms with Crippen LogP contribution in [0.1, 0.15) is 16.1 Å². The van der Waals surface area contributed by atoms with E-state index in [0.29, 0.717) is 24.2 Å². The topological polar surface area (TPSA) is 59.3 Å². The van der Waals surface area contributed by atoms with Gasteiger partial charge in [-0.2, -0.15) is 0 Å². The van der Waals surface area contributed by atoms with Crippen molar-refractivity contribution < 1.29 is 14.0 Å². The van der Waals surface area contributed by atoms with Gasteiger partial charge in [0.05, 0.1) is 6.42 Å². The summed E-state index contributed by atoms with van der Waals surface area (Å²) in [4.78, 5) is 21.7. The van der Waals surface area contributed by atoms with Crippen molar-refractivity contribution in [2.24, 2.45) is 0 Å². The molecule has 0 atom stereocenters. The Morgan fingerprint density at radius 1 is 1.22 bits per heavy atom. The maximum absolute atomic E-state index is 11.2. The third-order valence-corrected chi connectivity index (χ3v) is 2.62. The molecule has 1 heterocycles. The first-order valence-corrected chi connectivity index (χ1v) is 5.58. The number of benzene rings is 1. The molecule has 0 aliphatic carbocycles. The molecule has 0 saturated heterocycles. The molecule has 0 bridgehead atoms. The zero-order valence-electron chi connectivity index (χ0n) is 9.97. The Kier molecular flexibility index (Phi) is 3.57. The lowest BCUT2D eigenvalue weighted by Crippen LogP contribution is -2.19. The van der Waals surface area contributed by atoms with Crippen molar-refractivity contribution in [3.05, 3.63) is 47.7 Å². The van der Waals surface area contributed by atoms with Gasteiger partial charge in [-0.15, -0.1) is 0 Å². The summed E-state index contributed by atoms with van der Waals surface area (Å²) < 4.78 is 5.31. The largest absolute Gasteiger partial charge is 0.453 e. The fourth-order valence-corrected chi connectivity index (χ4v) is 1.63. The van der Waals surface area contributed by atoms with Crippen LogP contribution in [-0.4, -0.2) is 19.2 Å². The Balaban J connectivity index is 2.16. The third kappa shape index (κ3) is 2.66. The molecule has 0 radical (unpaired) electrons. The van der Waals surface area contributed by atoms with E-state index in [2.05, 4.69) is 5.32 Å². The van der Waals surface area contributed by atoms with Gasteiger partial charge in [-0.05, 0) is 17.7 Å². The molecule has 1 N–H and O–H groups in total. The highest BCUT2D eigenvalue weighted by Gasteiger charge is 2.05. The summed E-state index contributed by atoms with van der Waals surface area (Å²) in [5.74, 6) is 0.923. The van der Waals surface area contributed by atoms with Crippen molar-refractivity contribution in [3.8, 4) is 11.3 Å². The highest BCUT2D eigenvalue weighted by Crippen LogP contribution is 2.22. The van der Waals surface area contributed by atoms with E-state index >= 15 is 0 Å². The summed E-state index contributed by atoms with van der Waals surface area (Å²) in [6.45, 7) is 0. The molecule has 0 saturated carbocycles. The Morgan fingerprint density at radius 3 is 2.50 bits per heavy atom. The maximum Gasteiger partial charge on any atom is 0.224 e. The van der Waals surface area contributed by atoms with E-state index in [4.69, 9.17) is 4.42 Å². The molecule has 1 aromatic heterocycles. The average Bonchev–Trinajstić information content (AvgIpc) is 2.88. The summed E-state index contributed by atoms with van der Waals surface area (Å²) in [5.41, 5.74) is 1.81. The normalized spacial score (nSPS) is 10.1. The van der Waals surface area contributed by atoms with E-state index < -0.39 is 0 Å². The van der Waals surface area contributed by atoms with Gasteiger partial charge in [0.25, 0.3) is 0 Å². The molecule has 2 aromatic rings. The summed E-state index contributed by atoms with van der Waals surface area (Å²) >= 11 is 0. The van der Waals surface area contributed by atoms with Gasteiger partial charge in [-0.25, -0.2) is 0 Å². The summed E-state index contributed by atoms with van der Waals surface area (Å²) in [6, 6.07) is 10.8. The minimum Gasteiger partial charge on any atom is -0.453 e. The van der Waals surface area contributed by atoms with Crippen LogP contribution in [0.3, 0.4) is 0 Å². The minimum absolute atomic E-state index is 0.0241. The number of furan rings is 1. The number of aldehydes is 1. The number of hydrogen-bond donors (Lipinski definition) is 1. The Labute approximate surface area is 105 Å². The van der Waals surface area contributed by atoms with E-state index in [0.717, 1.165) is 11.1 Å². The lowest BCUT2D eigenvalue weighted by molar-refractivity contribution is -0.119. The van der Waals surface area contributed by atoms with Gasteiger partial charge in [0.2, 0.25) is 5.91 Å². The van der Waals surface area contributed by atoms with Crippen LogP contribution in [0.25, 0.3) is 11.3 Å². The number of carbonyl (C=O) groups excluding carboxylic acids is 2. The van der Waals surface area contributed by atoms with E-state index in [1.165, 1.54) is 0 Å². The average molecular weight is 243 g/mol. The van der Waals surface area contributed by atoms with Gasteiger partial charge in [0, 0.05) is 12.6 Å². The van der Waals surface area contributed by atoms with Gasteiger partial charge in [0.1, 0.15) is 5.76 Å². The van der Waals surface area contributed by atoms with Crippen LogP contribution < -0.4 is 5.32 Å². The molecule has 4 nitrogen and oxygen atoms in total. The van der Waals surface area contributed by atoms with Crippen LogP contribution >= 0.6 is 0 Å². The predicted molar refractivity (Wildman–Crippen MR) is 67.3 cm³/mol. The SMILES string of the molecule is CNC(=O)Cc1ccc(-c2ccc(C=O)o2)cc1. The molecule has 2 rings (SSSR count). The van der Waals surface area contributed by atoms with Crippen molar-refractivity contribution in [2.45, 2.75) is 6.42 Å². The molecule has 0 aliphatic rings. The molecule has 0 aliphatic heterocycles. The fourth-order valence-electron chi connectivity index (χ4n) is 1.63. The highest BCUT2D eigenvalue weighted by atomic mass is 16.3. The van der Waals surface area contributed by atoms with E-state index in [1.807, 2.05) is 24.3 Å². The lowest BCUT2D eigenvalue weighted by atomic mass is 10.1. The van der Waals surface area contributed by atoms with Crippen LogP contribution in [0.15, 0.2) is 40.8 Å². The second-order valence-corrected chi connectivity index (χ2v) is 3.87. The lowest BCUT2D eigenvalue weighted by Gasteiger charge is -2.02. The van der Waals surface area contributed by atoms with Gasteiger partial charge < -0.3 is 9.73 Å². The summed E-state index contributed by atoms with van der Waals surface area (Å²) in [5, 5.41) is 2.57. The molecule has 1 amide bonds. The number of rotatable bonds is 4. The van der Waals surface area contributed by atoms with Crippen molar-refractivity contribution in [3.63, 3.8) is 0 Å². The van der Waals surface area contributed by atoms with Crippen LogP contribution in [0.4, 0.5) is 0 Å². The van der Waals surface area contributed by atoms with Gasteiger partial charge in [-0.1, -0.05) is 24.3 Å². The second-order valence-electron chi connectivity index (χ2n) is 3.87. The van der Waals surface area contributed by atoms with Crippen LogP contribution in [0.5, 0.6) is 0 Å². The number of nitrogens with one attached hydrogen (secondary N) is 1. The zero-order valence-corrected chi connectivity index (χ0v) is 9.97. The van der Waals surface area contributed by atoms with Crippen LogP contribution in [0.2, 0.25) is 0 Å². The van der Waals surface area contributed by atoms with E-state index in [9.17, 15) is 9.59 Å². The van der Waals surface area contributed by atoms with E-state index in [-0.39, 0.29) is 5.91 Å². The van der Waals surface area contributed by atoms with E-state index in [1.54, 1.807) is 19.2 Å². The number of amides is 1. The Morgan fingerprint density at radius 2 is 1.94 bits per heavy atom. The Hall–Kier alpha value is -2.36. The molecule has 92 valence electrons. The maximum atomic E-state index is 11.2. The first kappa shape index (κ1) is 12.1. The number of likely N-dealkylation sites (N-methyl/N-ethyl adjacent to an activating group) is 1. The molecular weight excluding hydrogens is 230 g/mol.